The zero-order valence-electron chi connectivity index (χ0n) is 14.8. The van der Waals surface area contributed by atoms with Crippen molar-refractivity contribution in [3.63, 3.8) is 0 Å². The Balaban J connectivity index is 1.81. The molecule has 0 aliphatic carbocycles. The molecular weight excluding hydrogens is 487 g/mol. The van der Waals surface area contributed by atoms with E-state index in [-0.39, 0.29) is 28.3 Å². The molecule has 0 unspecified atom stereocenters. The number of benzene rings is 2. The minimum Gasteiger partial charge on any atom is -0.478 e. The Labute approximate surface area is 181 Å². The minimum absolute atomic E-state index is 0.0279. The van der Waals surface area contributed by atoms with Gasteiger partial charge in [-0.05, 0) is 54.6 Å². The first-order valence-electron chi connectivity index (χ1n) is 8.44. The predicted molar refractivity (Wildman–Crippen MR) is 110 cm³/mol. The van der Waals surface area contributed by atoms with Gasteiger partial charge in [0.15, 0.2) is 5.76 Å². The number of hydrogen-bond donors (Lipinski definition) is 1. The molecule has 0 radical (unpaired) electrons. The highest BCUT2D eigenvalue weighted by atomic mass is 79.9. The van der Waals surface area contributed by atoms with E-state index in [0.29, 0.717) is 15.4 Å². The van der Waals surface area contributed by atoms with Crippen LogP contribution in [0.4, 0.5) is 13.2 Å². The van der Waals surface area contributed by atoms with Crippen molar-refractivity contribution in [2.75, 3.05) is 0 Å². The van der Waals surface area contributed by atoms with Crippen LogP contribution in [0.3, 0.4) is 0 Å². The third kappa shape index (κ3) is 3.80. The molecule has 0 atom stereocenters. The molecule has 1 N–H and O–H groups in total. The molecular formula is C21H10BrClF3NO3. The second-order valence-electron chi connectivity index (χ2n) is 6.38. The first-order valence-corrected chi connectivity index (χ1v) is 9.61. The van der Waals surface area contributed by atoms with Crippen LogP contribution >= 0.6 is 27.5 Å². The Morgan fingerprint density at radius 3 is 2.47 bits per heavy atom. The SMILES string of the molecule is O=C(O)c1cc(-c2ccc(-c3ccc(Cl)c(C(F)(F)F)c3)o2)nc2ccc(Br)cc12. The van der Waals surface area contributed by atoms with E-state index in [4.69, 9.17) is 16.0 Å². The van der Waals surface area contributed by atoms with Gasteiger partial charge in [0.1, 0.15) is 11.5 Å². The number of aromatic nitrogens is 1. The number of carbonyl (C=O) groups is 1. The summed E-state index contributed by atoms with van der Waals surface area (Å²) in [5.74, 6) is -0.747. The van der Waals surface area contributed by atoms with Gasteiger partial charge in [-0.15, -0.1) is 0 Å². The lowest BCUT2D eigenvalue weighted by atomic mass is 10.1. The quantitative estimate of drug-likeness (QED) is 0.323. The van der Waals surface area contributed by atoms with Crippen molar-refractivity contribution in [2.24, 2.45) is 0 Å². The first kappa shape index (κ1) is 20.4. The van der Waals surface area contributed by atoms with Crippen LogP contribution < -0.4 is 0 Å². The number of fused-ring (bicyclic) bond motifs is 1. The van der Waals surface area contributed by atoms with E-state index in [1.165, 1.54) is 24.3 Å². The van der Waals surface area contributed by atoms with E-state index in [2.05, 4.69) is 20.9 Å². The Morgan fingerprint density at radius 2 is 1.77 bits per heavy atom. The third-order valence-electron chi connectivity index (χ3n) is 4.42. The number of nitrogens with zero attached hydrogens (tertiary/aromatic N) is 1. The fraction of sp³-hybridized carbons (Fsp3) is 0.0476. The average molecular weight is 497 g/mol. The Kier molecular flexibility index (Phi) is 5.07. The highest BCUT2D eigenvalue weighted by Crippen LogP contribution is 2.38. The van der Waals surface area contributed by atoms with Gasteiger partial charge in [0.25, 0.3) is 0 Å². The van der Waals surface area contributed by atoms with Crippen LogP contribution in [0.1, 0.15) is 15.9 Å². The van der Waals surface area contributed by atoms with Gasteiger partial charge in [-0.3, -0.25) is 0 Å². The number of aromatic carboxylic acids is 1. The van der Waals surface area contributed by atoms with E-state index < -0.39 is 22.7 Å². The number of furan rings is 1. The topological polar surface area (TPSA) is 63.3 Å². The summed E-state index contributed by atoms with van der Waals surface area (Å²) >= 11 is 8.97. The lowest BCUT2D eigenvalue weighted by Crippen LogP contribution is -2.05. The highest BCUT2D eigenvalue weighted by molar-refractivity contribution is 9.10. The smallest absolute Gasteiger partial charge is 0.417 e. The standard InChI is InChI=1S/C21H10BrClF3NO3/c22-11-2-4-16-12(8-11)13(20(28)29)9-17(27-16)19-6-5-18(30-19)10-1-3-15(23)14(7-10)21(24,25)26/h1-9H,(H,28,29). The second kappa shape index (κ2) is 7.45. The summed E-state index contributed by atoms with van der Waals surface area (Å²) in [6.45, 7) is 0. The molecule has 0 bridgehead atoms. The molecule has 0 fully saturated rings. The van der Waals surface area contributed by atoms with Crippen LogP contribution in [0.5, 0.6) is 0 Å². The van der Waals surface area contributed by atoms with Crippen LogP contribution in [-0.4, -0.2) is 16.1 Å². The van der Waals surface area contributed by atoms with Crippen molar-refractivity contribution in [1.29, 1.82) is 0 Å². The zero-order valence-corrected chi connectivity index (χ0v) is 17.1. The molecule has 30 heavy (non-hydrogen) atoms. The summed E-state index contributed by atoms with van der Waals surface area (Å²) in [6.07, 6.45) is -4.60. The lowest BCUT2D eigenvalue weighted by Gasteiger charge is -2.10. The summed E-state index contributed by atoms with van der Waals surface area (Å²) in [4.78, 5) is 16.1. The molecule has 2 aromatic heterocycles. The number of carboxylic acids is 1. The van der Waals surface area contributed by atoms with Crippen molar-refractivity contribution in [2.45, 2.75) is 6.18 Å². The van der Waals surface area contributed by atoms with Gasteiger partial charge >= 0.3 is 12.1 Å². The van der Waals surface area contributed by atoms with Gasteiger partial charge in [0, 0.05) is 15.4 Å². The molecule has 0 aliphatic rings. The lowest BCUT2D eigenvalue weighted by molar-refractivity contribution is -0.137. The second-order valence-corrected chi connectivity index (χ2v) is 7.70. The van der Waals surface area contributed by atoms with Crippen LogP contribution in [0.25, 0.3) is 33.7 Å². The molecule has 0 amide bonds. The monoisotopic (exact) mass is 495 g/mol. The molecule has 9 heteroatoms. The maximum absolute atomic E-state index is 13.1. The third-order valence-corrected chi connectivity index (χ3v) is 5.24. The van der Waals surface area contributed by atoms with Gasteiger partial charge in [-0.2, -0.15) is 13.2 Å². The van der Waals surface area contributed by atoms with Crippen molar-refractivity contribution in [3.8, 4) is 22.8 Å². The molecule has 152 valence electrons. The Hall–Kier alpha value is -2.84. The van der Waals surface area contributed by atoms with E-state index in [1.54, 1.807) is 18.2 Å². The Bertz CT molecular complexity index is 1300. The van der Waals surface area contributed by atoms with E-state index in [1.807, 2.05) is 0 Å². The maximum Gasteiger partial charge on any atom is 0.417 e. The van der Waals surface area contributed by atoms with Crippen molar-refractivity contribution in [3.05, 3.63) is 75.2 Å². The van der Waals surface area contributed by atoms with Crippen molar-refractivity contribution >= 4 is 44.4 Å². The molecule has 4 aromatic rings. The summed E-state index contributed by atoms with van der Waals surface area (Å²) in [5, 5.41) is 9.60. The molecule has 0 saturated carbocycles. The number of pyridine rings is 1. The molecule has 0 saturated heterocycles. The number of alkyl halides is 3. The van der Waals surface area contributed by atoms with Crippen LogP contribution in [0, 0.1) is 0 Å². The molecule has 2 heterocycles. The van der Waals surface area contributed by atoms with Crippen LogP contribution in [0.15, 0.2) is 63.5 Å². The van der Waals surface area contributed by atoms with Crippen molar-refractivity contribution < 1.29 is 27.5 Å². The summed E-state index contributed by atoms with van der Waals surface area (Å²) in [5.41, 5.74) is -0.0705. The summed E-state index contributed by atoms with van der Waals surface area (Å²) < 4.78 is 45.8. The number of carboxylic acid groups (broad SMARTS) is 1. The van der Waals surface area contributed by atoms with Crippen LogP contribution in [0.2, 0.25) is 5.02 Å². The molecule has 0 aliphatic heterocycles. The minimum atomic E-state index is -4.60. The van der Waals surface area contributed by atoms with E-state index in [9.17, 15) is 23.1 Å². The first-order chi connectivity index (χ1) is 14.1. The summed E-state index contributed by atoms with van der Waals surface area (Å²) in [6, 6.07) is 12.9. The molecule has 4 nitrogen and oxygen atoms in total. The van der Waals surface area contributed by atoms with Crippen molar-refractivity contribution in [1.82, 2.24) is 4.98 Å². The van der Waals surface area contributed by atoms with Gasteiger partial charge in [0.2, 0.25) is 0 Å². The Morgan fingerprint density at radius 1 is 1.03 bits per heavy atom. The normalized spacial score (nSPS) is 11.8. The fourth-order valence-corrected chi connectivity index (χ4v) is 3.61. The molecule has 4 rings (SSSR count). The molecule has 2 aromatic carbocycles. The molecule has 0 spiro atoms. The number of hydrogen-bond acceptors (Lipinski definition) is 3. The average Bonchev–Trinajstić information content (AvgIpc) is 3.16. The fourth-order valence-electron chi connectivity index (χ4n) is 3.03. The number of rotatable bonds is 3. The highest BCUT2D eigenvalue weighted by Gasteiger charge is 2.33. The van der Waals surface area contributed by atoms with Gasteiger partial charge in [0.05, 0.1) is 21.7 Å². The van der Waals surface area contributed by atoms with E-state index in [0.717, 1.165) is 12.1 Å². The van der Waals surface area contributed by atoms with Gasteiger partial charge in [-0.1, -0.05) is 27.5 Å². The summed E-state index contributed by atoms with van der Waals surface area (Å²) in [7, 11) is 0. The van der Waals surface area contributed by atoms with Gasteiger partial charge in [-0.25, -0.2) is 9.78 Å². The predicted octanol–water partition coefficient (Wildman–Crippen LogP) is 7.29. The van der Waals surface area contributed by atoms with E-state index >= 15 is 0 Å². The van der Waals surface area contributed by atoms with Gasteiger partial charge < -0.3 is 9.52 Å². The van der Waals surface area contributed by atoms with Crippen LogP contribution in [-0.2, 0) is 6.18 Å². The maximum atomic E-state index is 13.1. The number of halogens is 5. The largest absolute Gasteiger partial charge is 0.478 e. The zero-order chi connectivity index (χ0) is 21.6.